The van der Waals surface area contributed by atoms with Gasteiger partial charge in [0, 0.05) is 0 Å². The van der Waals surface area contributed by atoms with Crippen molar-refractivity contribution in [2.75, 3.05) is 7.11 Å². The molecular formula is C13H18O3. The second-order valence-corrected chi connectivity index (χ2v) is 3.82. The number of carbonyl (C=O) groups is 1. The minimum atomic E-state index is -0.762. The van der Waals surface area contributed by atoms with Crippen molar-refractivity contribution in [2.45, 2.75) is 32.3 Å². The van der Waals surface area contributed by atoms with Gasteiger partial charge in [-0.05, 0) is 19.4 Å². The lowest BCUT2D eigenvalue weighted by Crippen LogP contribution is -2.25. The van der Waals surface area contributed by atoms with Crippen molar-refractivity contribution in [1.29, 1.82) is 0 Å². The van der Waals surface area contributed by atoms with Crippen LogP contribution in [0.2, 0.25) is 0 Å². The number of methoxy groups -OCH3 is 1. The molecule has 0 aromatic carbocycles. The van der Waals surface area contributed by atoms with Gasteiger partial charge in [-0.15, -0.1) is 0 Å². The Morgan fingerprint density at radius 3 is 2.88 bits per heavy atom. The molecule has 0 bridgehead atoms. The number of cyclic esters (lactones) is 1. The van der Waals surface area contributed by atoms with Gasteiger partial charge < -0.3 is 9.47 Å². The number of hydrogen-bond donors (Lipinski definition) is 0. The standard InChI is InChI=1S/C13H18O3/c1-4-5-6-7-8-9-13(2)11(15-3)10-12(14)16-13/h6-10H,4-5H2,1-3H3/b7-6+,9-8+. The van der Waals surface area contributed by atoms with Crippen LogP contribution in [0.4, 0.5) is 0 Å². The lowest BCUT2D eigenvalue weighted by molar-refractivity contribution is -0.142. The molecule has 0 aromatic rings. The molecule has 1 rings (SSSR count). The normalized spacial score (nSPS) is 25.2. The van der Waals surface area contributed by atoms with Crippen molar-refractivity contribution in [3.05, 3.63) is 36.1 Å². The van der Waals surface area contributed by atoms with E-state index in [-0.39, 0.29) is 5.97 Å². The first-order valence-corrected chi connectivity index (χ1v) is 5.46. The van der Waals surface area contributed by atoms with E-state index in [1.54, 1.807) is 6.92 Å². The van der Waals surface area contributed by atoms with Crippen molar-refractivity contribution in [3.63, 3.8) is 0 Å². The fourth-order valence-electron chi connectivity index (χ4n) is 1.50. The van der Waals surface area contributed by atoms with Crippen LogP contribution in [-0.2, 0) is 14.3 Å². The Morgan fingerprint density at radius 1 is 1.50 bits per heavy atom. The lowest BCUT2D eigenvalue weighted by atomic mass is 10.0. The van der Waals surface area contributed by atoms with Crippen molar-refractivity contribution < 1.29 is 14.3 Å². The Kier molecular flexibility index (Phi) is 4.35. The van der Waals surface area contributed by atoms with Crippen LogP contribution >= 0.6 is 0 Å². The zero-order valence-corrected chi connectivity index (χ0v) is 10.0. The van der Waals surface area contributed by atoms with Crippen LogP contribution in [0.15, 0.2) is 36.1 Å². The molecule has 1 aliphatic rings. The van der Waals surface area contributed by atoms with Crippen LogP contribution in [-0.4, -0.2) is 18.7 Å². The third-order valence-electron chi connectivity index (χ3n) is 2.39. The quantitative estimate of drug-likeness (QED) is 0.530. The van der Waals surface area contributed by atoms with Gasteiger partial charge in [-0.2, -0.15) is 0 Å². The van der Waals surface area contributed by atoms with Crippen molar-refractivity contribution >= 4 is 5.97 Å². The lowest BCUT2D eigenvalue weighted by Gasteiger charge is -2.21. The number of ether oxygens (including phenoxy) is 2. The van der Waals surface area contributed by atoms with Gasteiger partial charge in [0.25, 0.3) is 0 Å². The third-order valence-corrected chi connectivity index (χ3v) is 2.39. The molecule has 3 heteroatoms. The van der Waals surface area contributed by atoms with E-state index in [1.807, 2.05) is 18.2 Å². The molecule has 1 unspecified atom stereocenters. The van der Waals surface area contributed by atoms with Crippen LogP contribution in [0.1, 0.15) is 26.7 Å². The number of carbonyl (C=O) groups excluding carboxylic acids is 1. The molecule has 1 aliphatic heterocycles. The highest BCUT2D eigenvalue weighted by molar-refractivity contribution is 5.86. The summed E-state index contributed by atoms with van der Waals surface area (Å²) in [4.78, 5) is 11.1. The summed E-state index contributed by atoms with van der Waals surface area (Å²) in [6, 6.07) is 0. The summed E-state index contributed by atoms with van der Waals surface area (Å²) >= 11 is 0. The molecule has 0 saturated carbocycles. The van der Waals surface area contributed by atoms with E-state index in [4.69, 9.17) is 9.47 Å². The maximum absolute atomic E-state index is 11.1. The topological polar surface area (TPSA) is 35.5 Å². The van der Waals surface area contributed by atoms with Crippen LogP contribution in [0.5, 0.6) is 0 Å². The predicted octanol–water partition coefficient (Wildman–Crippen LogP) is 2.74. The monoisotopic (exact) mass is 222 g/mol. The predicted molar refractivity (Wildman–Crippen MR) is 62.8 cm³/mol. The van der Waals surface area contributed by atoms with E-state index in [1.165, 1.54) is 13.2 Å². The summed E-state index contributed by atoms with van der Waals surface area (Å²) in [5.74, 6) is 0.180. The highest BCUT2D eigenvalue weighted by Gasteiger charge is 2.37. The first-order valence-electron chi connectivity index (χ1n) is 5.46. The first kappa shape index (κ1) is 12.6. The van der Waals surface area contributed by atoms with E-state index in [0.717, 1.165) is 12.8 Å². The van der Waals surface area contributed by atoms with E-state index >= 15 is 0 Å². The average Bonchev–Trinajstić information content (AvgIpc) is 2.53. The molecule has 0 aliphatic carbocycles. The molecule has 0 fully saturated rings. The molecule has 16 heavy (non-hydrogen) atoms. The van der Waals surface area contributed by atoms with E-state index in [0.29, 0.717) is 5.76 Å². The third kappa shape index (κ3) is 2.99. The second-order valence-electron chi connectivity index (χ2n) is 3.82. The smallest absolute Gasteiger partial charge is 0.335 e. The number of hydrogen-bond acceptors (Lipinski definition) is 3. The Morgan fingerprint density at radius 2 is 2.25 bits per heavy atom. The van der Waals surface area contributed by atoms with Crippen LogP contribution in [0.3, 0.4) is 0 Å². The van der Waals surface area contributed by atoms with Crippen LogP contribution in [0.25, 0.3) is 0 Å². The van der Waals surface area contributed by atoms with Gasteiger partial charge in [-0.25, -0.2) is 4.79 Å². The number of unbranched alkanes of at least 4 members (excludes halogenated alkanes) is 1. The van der Waals surface area contributed by atoms with E-state index in [9.17, 15) is 4.79 Å². The Balaban J connectivity index is 2.65. The van der Waals surface area contributed by atoms with Crippen LogP contribution < -0.4 is 0 Å². The molecule has 0 N–H and O–H groups in total. The molecule has 0 radical (unpaired) electrons. The molecule has 1 heterocycles. The molecule has 0 saturated heterocycles. The van der Waals surface area contributed by atoms with Crippen molar-refractivity contribution in [3.8, 4) is 0 Å². The Hall–Kier alpha value is -1.51. The number of esters is 1. The fourth-order valence-corrected chi connectivity index (χ4v) is 1.50. The van der Waals surface area contributed by atoms with Crippen LogP contribution in [0, 0.1) is 0 Å². The SMILES string of the molecule is CCC/C=C/C=C/C1(C)OC(=O)C=C1OC. The Bertz CT molecular complexity index is 339. The first-order chi connectivity index (χ1) is 7.62. The van der Waals surface area contributed by atoms with Gasteiger partial charge in [0.2, 0.25) is 0 Å². The highest BCUT2D eigenvalue weighted by atomic mass is 16.6. The average molecular weight is 222 g/mol. The fraction of sp³-hybridized carbons (Fsp3) is 0.462. The molecule has 1 atom stereocenters. The van der Waals surface area contributed by atoms with Gasteiger partial charge in [0.15, 0.2) is 11.4 Å². The van der Waals surface area contributed by atoms with Gasteiger partial charge in [-0.1, -0.05) is 31.6 Å². The summed E-state index contributed by atoms with van der Waals surface area (Å²) in [6.45, 7) is 3.93. The van der Waals surface area contributed by atoms with Gasteiger partial charge >= 0.3 is 5.97 Å². The zero-order valence-electron chi connectivity index (χ0n) is 10.0. The van der Waals surface area contributed by atoms with Gasteiger partial charge in [0.1, 0.15) is 0 Å². The summed E-state index contributed by atoms with van der Waals surface area (Å²) in [5, 5.41) is 0. The maximum Gasteiger partial charge on any atom is 0.335 e. The van der Waals surface area contributed by atoms with Gasteiger partial charge in [0.05, 0.1) is 13.2 Å². The zero-order chi connectivity index (χ0) is 12.0. The largest absolute Gasteiger partial charge is 0.496 e. The molecule has 3 nitrogen and oxygen atoms in total. The molecule has 88 valence electrons. The van der Waals surface area contributed by atoms with Crippen molar-refractivity contribution in [1.82, 2.24) is 0 Å². The molecule has 0 spiro atoms. The number of allylic oxidation sites excluding steroid dienone is 3. The molecule has 0 amide bonds. The van der Waals surface area contributed by atoms with E-state index < -0.39 is 5.60 Å². The van der Waals surface area contributed by atoms with Gasteiger partial charge in [-0.3, -0.25) is 0 Å². The highest BCUT2D eigenvalue weighted by Crippen LogP contribution is 2.29. The summed E-state index contributed by atoms with van der Waals surface area (Å²) in [7, 11) is 1.53. The summed E-state index contributed by atoms with van der Waals surface area (Å²) < 4.78 is 10.3. The molecular weight excluding hydrogens is 204 g/mol. The Labute approximate surface area is 96.4 Å². The molecule has 0 aromatic heterocycles. The minimum absolute atomic E-state index is 0.360. The minimum Gasteiger partial charge on any atom is -0.496 e. The van der Waals surface area contributed by atoms with Crippen molar-refractivity contribution in [2.24, 2.45) is 0 Å². The second kappa shape index (κ2) is 5.54. The maximum atomic E-state index is 11.1. The number of rotatable bonds is 5. The summed E-state index contributed by atoms with van der Waals surface area (Å²) in [5.41, 5.74) is -0.762. The summed E-state index contributed by atoms with van der Waals surface area (Å²) in [6.07, 6.45) is 11.3. The van der Waals surface area contributed by atoms with E-state index in [2.05, 4.69) is 13.0 Å².